The first-order valence-electron chi connectivity index (χ1n) is 4.03. The molecule has 0 rings (SSSR count). The fraction of sp³-hybridized carbons (Fsp3) is 0.857. The first-order valence-corrected chi connectivity index (χ1v) is 5.84. The summed E-state index contributed by atoms with van der Waals surface area (Å²) in [5.41, 5.74) is 0. The van der Waals surface area contributed by atoms with E-state index in [2.05, 4.69) is 4.18 Å². The van der Waals surface area contributed by atoms with Gasteiger partial charge in [-0.25, -0.2) is 0 Å². The van der Waals surface area contributed by atoms with Crippen molar-refractivity contribution in [1.82, 2.24) is 0 Å². The van der Waals surface area contributed by atoms with Gasteiger partial charge in [0.15, 0.2) is 0 Å². The summed E-state index contributed by atoms with van der Waals surface area (Å²) in [6.45, 7) is 1.06. The zero-order valence-electron chi connectivity index (χ0n) is 8.00. The van der Waals surface area contributed by atoms with E-state index in [0.717, 1.165) is 6.26 Å². The van der Waals surface area contributed by atoms with E-state index in [1.54, 1.807) is 6.92 Å². The van der Waals surface area contributed by atoms with Gasteiger partial charge in [0.25, 0.3) is 10.1 Å². The van der Waals surface area contributed by atoms with E-state index in [4.69, 9.17) is 5.11 Å². The largest absolute Gasteiger partial charge is 0.481 e. The van der Waals surface area contributed by atoms with Crippen molar-refractivity contribution < 1.29 is 27.6 Å². The Balaban J connectivity index is 4.19. The normalized spacial score (nSPS) is 16.2. The second-order valence-corrected chi connectivity index (χ2v) is 4.55. The number of aliphatic hydroxyl groups is 1. The van der Waals surface area contributed by atoms with Crippen LogP contribution in [0.15, 0.2) is 0 Å². The molecule has 0 saturated heterocycles. The molecule has 0 heterocycles. The Bertz CT molecular complexity index is 283. The molecule has 0 fully saturated rings. The van der Waals surface area contributed by atoms with Gasteiger partial charge >= 0.3 is 5.97 Å². The molecule has 7 heteroatoms. The molecular formula is C7H14O6S. The summed E-state index contributed by atoms with van der Waals surface area (Å²) in [6.07, 6.45) is -0.266. The summed E-state index contributed by atoms with van der Waals surface area (Å²) in [4.78, 5) is 10.5. The van der Waals surface area contributed by atoms with Crippen molar-refractivity contribution >= 4 is 16.1 Å². The minimum absolute atomic E-state index is 0.212. The van der Waals surface area contributed by atoms with Gasteiger partial charge in [-0.15, -0.1) is 0 Å². The van der Waals surface area contributed by atoms with Gasteiger partial charge in [-0.2, -0.15) is 8.42 Å². The van der Waals surface area contributed by atoms with Gasteiger partial charge in [0.1, 0.15) is 0 Å². The minimum Gasteiger partial charge on any atom is -0.481 e. The van der Waals surface area contributed by atoms with E-state index in [0.29, 0.717) is 0 Å². The number of rotatable bonds is 6. The second kappa shape index (κ2) is 5.28. The Morgan fingerprint density at radius 1 is 1.50 bits per heavy atom. The van der Waals surface area contributed by atoms with Gasteiger partial charge in [0.05, 0.1) is 24.9 Å². The summed E-state index contributed by atoms with van der Waals surface area (Å²) in [5.74, 6) is -2.17. The number of carbonyl (C=O) groups is 1. The van der Waals surface area contributed by atoms with Crippen LogP contribution >= 0.6 is 0 Å². The third-order valence-electron chi connectivity index (χ3n) is 1.67. The molecule has 0 bridgehead atoms. The van der Waals surface area contributed by atoms with Crippen molar-refractivity contribution in [2.75, 3.05) is 12.9 Å². The van der Waals surface area contributed by atoms with E-state index in [9.17, 15) is 18.3 Å². The van der Waals surface area contributed by atoms with Crippen molar-refractivity contribution in [1.29, 1.82) is 0 Å². The molecule has 0 aromatic rings. The lowest BCUT2D eigenvalue weighted by Crippen LogP contribution is -2.32. The molecule has 84 valence electrons. The van der Waals surface area contributed by atoms with Crippen LogP contribution in [0, 0.1) is 5.92 Å². The quantitative estimate of drug-likeness (QED) is 0.588. The van der Waals surface area contributed by atoms with E-state index < -0.39 is 34.7 Å². The van der Waals surface area contributed by atoms with Crippen LogP contribution in [0.2, 0.25) is 0 Å². The highest BCUT2D eigenvalue weighted by Crippen LogP contribution is 2.10. The maximum Gasteiger partial charge on any atom is 0.309 e. The third kappa shape index (κ3) is 5.15. The molecule has 0 spiro atoms. The molecule has 0 aliphatic carbocycles. The van der Waals surface area contributed by atoms with Gasteiger partial charge in [0.2, 0.25) is 0 Å². The third-order valence-corrected chi connectivity index (χ3v) is 2.24. The van der Waals surface area contributed by atoms with Crippen molar-refractivity contribution in [3.63, 3.8) is 0 Å². The van der Waals surface area contributed by atoms with Gasteiger partial charge in [-0.1, -0.05) is 6.92 Å². The fourth-order valence-electron chi connectivity index (χ4n) is 0.921. The molecule has 0 aliphatic rings. The average Bonchev–Trinajstić information content (AvgIpc) is 2.00. The predicted octanol–water partition coefficient (Wildman–Crippen LogP) is -0.566. The molecule has 14 heavy (non-hydrogen) atoms. The molecule has 2 atom stereocenters. The van der Waals surface area contributed by atoms with Crippen LogP contribution < -0.4 is 0 Å². The maximum atomic E-state index is 10.5. The van der Waals surface area contributed by atoms with E-state index in [1.165, 1.54) is 0 Å². The van der Waals surface area contributed by atoms with Crippen LogP contribution in [-0.2, 0) is 19.1 Å². The highest BCUT2D eigenvalue weighted by Gasteiger charge is 2.25. The molecule has 0 saturated carbocycles. The van der Waals surface area contributed by atoms with E-state index >= 15 is 0 Å². The zero-order chi connectivity index (χ0) is 11.4. The van der Waals surface area contributed by atoms with E-state index in [-0.39, 0.29) is 6.42 Å². The van der Waals surface area contributed by atoms with Crippen LogP contribution in [0.1, 0.15) is 13.3 Å². The second-order valence-electron chi connectivity index (χ2n) is 2.91. The van der Waals surface area contributed by atoms with Crippen molar-refractivity contribution in [3.8, 4) is 0 Å². The minimum atomic E-state index is -3.64. The van der Waals surface area contributed by atoms with E-state index in [1.807, 2.05) is 0 Å². The predicted molar refractivity (Wildman–Crippen MR) is 48.2 cm³/mol. The van der Waals surface area contributed by atoms with Gasteiger partial charge < -0.3 is 10.2 Å². The molecular weight excluding hydrogens is 212 g/mol. The fourth-order valence-corrected chi connectivity index (χ4v) is 1.31. The molecule has 2 unspecified atom stereocenters. The lowest BCUT2D eigenvalue weighted by Gasteiger charge is -2.16. The number of hydrogen-bond acceptors (Lipinski definition) is 5. The van der Waals surface area contributed by atoms with Crippen molar-refractivity contribution in [3.05, 3.63) is 0 Å². The Morgan fingerprint density at radius 2 is 2.00 bits per heavy atom. The average molecular weight is 226 g/mol. The molecule has 0 aliphatic heterocycles. The van der Waals surface area contributed by atoms with Crippen LogP contribution in [0.5, 0.6) is 0 Å². The number of carboxylic acid groups (broad SMARTS) is 1. The Morgan fingerprint density at radius 3 is 2.29 bits per heavy atom. The molecule has 2 N–H and O–H groups in total. The monoisotopic (exact) mass is 226 g/mol. The summed E-state index contributed by atoms with van der Waals surface area (Å²) >= 11 is 0. The molecule has 0 radical (unpaired) electrons. The number of carboxylic acids is 1. The first kappa shape index (κ1) is 13.3. The maximum absolute atomic E-state index is 10.5. The van der Waals surface area contributed by atoms with Crippen LogP contribution in [0.3, 0.4) is 0 Å². The van der Waals surface area contributed by atoms with Crippen molar-refractivity contribution in [2.45, 2.75) is 19.4 Å². The van der Waals surface area contributed by atoms with Gasteiger partial charge in [0, 0.05) is 0 Å². The van der Waals surface area contributed by atoms with Crippen molar-refractivity contribution in [2.24, 2.45) is 5.92 Å². The molecule has 0 amide bonds. The van der Waals surface area contributed by atoms with Crippen LogP contribution in [-0.4, -0.2) is 43.6 Å². The lowest BCUT2D eigenvalue weighted by atomic mass is 10.0. The number of aliphatic hydroxyl groups excluding tert-OH is 1. The van der Waals surface area contributed by atoms with Crippen LogP contribution in [0.25, 0.3) is 0 Å². The van der Waals surface area contributed by atoms with Crippen LogP contribution in [0.4, 0.5) is 0 Å². The Labute approximate surface area is 82.6 Å². The Kier molecular flexibility index (Phi) is 5.03. The number of aliphatic carboxylic acids is 1. The molecule has 0 aromatic carbocycles. The van der Waals surface area contributed by atoms with Gasteiger partial charge in [-0.3, -0.25) is 8.98 Å². The standard InChI is InChI=1S/C7H14O6S/c1-3-5(7(9)10)6(8)4-13-14(2,11)12/h5-6,8H,3-4H2,1-2H3,(H,9,10). The Hall–Kier alpha value is -0.660. The van der Waals surface area contributed by atoms with Gasteiger partial charge in [-0.05, 0) is 6.42 Å². The lowest BCUT2D eigenvalue weighted by molar-refractivity contribution is -0.146. The summed E-state index contributed by atoms with van der Waals surface area (Å²) in [5, 5.41) is 17.9. The SMILES string of the molecule is CCC(C(=O)O)C(O)COS(C)(=O)=O. The molecule has 6 nitrogen and oxygen atoms in total. The summed E-state index contributed by atoms with van der Waals surface area (Å²) in [7, 11) is -3.64. The number of hydrogen-bond donors (Lipinski definition) is 2. The smallest absolute Gasteiger partial charge is 0.309 e. The highest BCUT2D eigenvalue weighted by atomic mass is 32.2. The zero-order valence-corrected chi connectivity index (χ0v) is 8.82. The highest BCUT2D eigenvalue weighted by molar-refractivity contribution is 7.85. The summed E-state index contributed by atoms with van der Waals surface area (Å²) in [6, 6.07) is 0. The molecule has 0 aromatic heterocycles. The summed E-state index contributed by atoms with van der Waals surface area (Å²) < 4.78 is 25.4. The topological polar surface area (TPSA) is 101 Å². The first-order chi connectivity index (χ1) is 6.28.